The average Bonchev–Trinajstić information content (AvgIpc) is 2.30. The summed E-state index contributed by atoms with van der Waals surface area (Å²) < 4.78 is 0. The first kappa shape index (κ1) is 15.2. The van der Waals surface area contributed by atoms with Gasteiger partial charge in [-0.15, -0.1) is 0 Å². The van der Waals surface area contributed by atoms with Crippen LogP contribution >= 0.6 is 0 Å². The lowest BCUT2D eigenvalue weighted by Crippen LogP contribution is -2.35. The van der Waals surface area contributed by atoms with Crippen LogP contribution in [-0.2, 0) is 13.0 Å². The Balaban J connectivity index is 2.40. The van der Waals surface area contributed by atoms with Gasteiger partial charge in [-0.1, -0.05) is 52.0 Å². The SMILES string of the molecule is CC(C)Cc1ccc(CNCC(C)(C)CN)cc1. The van der Waals surface area contributed by atoms with Crippen molar-refractivity contribution < 1.29 is 0 Å². The van der Waals surface area contributed by atoms with Crippen molar-refractivity contribution in [2.24, 2.45) is 17.1 Å². The summed E-state index contributed by atoms with van der Waals surface area (Å²) in [6.07, 6.45) is 1.16. The Morgan fingerprint density at radius 2 is 1.67 bits per heavy atom. The maximum atomic E-state index is 5.71. The fraction of sp³-hybridized carbons (Fsp3) is 0.625. The van der Waals surface area contributed by atoms with Gasteiger partial charge in [-0.05, 0) is 35.4 Å². The van der Waals surface area contributed by atoms with Crippen LogP contribution < -0.4 is 11.1 Å². The second-order valence-corrected chi connectivity index (χ2v) is 6.39. The smallest absolute Gasteiger partial charge is 0.0205 e. The molecule has 0 unspecified atom stereocenters. The van der Waals surface area contributed by atoms with Gasteiger partial charge in [0.2, 0.25) is 0 Å². The summed E-state index contributed by atoms with van der Waals surface area (Å²) in [5.41, 5.74) is 8.66. The summed E-state index contributed by atoms with van der Waals surface area (Å²) in [6.45, 7) is 11.5. The molecule has 3 N–H and O–H groups in total. The molecule has 0 fully saturated rings. The van der Waals surface area contributed by atoms with E-state index >= 15 is 0 Å². The molecule has 18 heavy (non-hydrogen) atoms. The summed E-state index contributed by atoms with van der Waals surface area (Å²) in [5, 5.41) is 3.47. The highest BCUT2D eigenvalue weighted by atomic mass is 14.9. The van der Waals surface area contributed by atoms with Crippen molar-refractivity contribution in [1.29, 1.82) is 0 Å². The Hall–Kier alpha value is -0.860. The summed E-state index contributed by atoms with van der Waals surface area (Å²) >= 11 is 0. The maximum Gasteiger partial charge on any atom is 0.0205 e. The molecule has 2 heteroatoms. The highest BCUT2D eigenvalue weighted by Crippen LogP contribution is 2.12. The number of rotatable bonds is 7. The van der Waals surface area contributed by atoms with Gasteiger partial charge in [-0.25, -0.2) is 0 Å². The van der Waals surface area contributed by atoms with E-state index in [0.29, 0.717) is 6.54 Å². The van der Waals surface area contributed by atoms with Crippen LogP contribution in [0.5, 0.6) is 0 Å². The van der Waals surface area contributed by atoms with Crippen molar-refractivity contribution in [3.8, 4) is 0 Å². The number of hydrogen-bond acceptors (Lipinski definition) is 2. The minimum Gasteiger partial charge on any atom is -0.330 e. The molecule has 0 bridgehead atoms. The van der Waals surface area contributed by atoms with Gasteiger partial charge in [-0.3, -0.25) is 0 Å². The van der Waals surface area contributed by atoms with Crippen LogP contribution in [0, 0.1) is 11.3 Å². The molecule has 0 atom stereocenters. The first-order valence-corrected chi connectivity index (χ1v) is 6.91. The molecule has 0 saturated carbocycles. The van der Waals surface area contributed by atoms with Crippen molar-refractivity contribution in [2.75, 3.05) is 13.1 Å². The van der Waals surface area contributed by atoms with E-state index < -0.39 is 0 Å². The van der Waals surface area contributed by atoms with Gasteiger partial charge in [0.1, 0.15) is 0 Å². The van der Waals surface area contributed by atoms with Crippen LogP contribution in [0.25, 0.3) is 0 Å². The quantitative estimate of drug-likeness (QED) is 0.778. The lowest BCUT2D eigenvalue weighted by atomic mass is 9.94. The molecule has 1 aromatic carbocycles. The Kier molecular flexibility index (Phi) is 5.83. The van der Waals surface area contributed by atoms with Gasteiger partial charge >= 0.3 is 0 Å². The van der Waals surface area contributed by atoms with E-state index in [4.69, 9.17) is 5.73 Å². The highest BCUT2D eigenvalue weighted by Gasteiger charge is 2.14. The zero-order valence-electron chi connectivity index (χ0n) is 12.3. The third-order valence-electron chi connectivity index (χ3n) is 3.15. The molecule has 0 spiro atoms. The van der Waals surface area contributed by atoms with Crippen LogP contribution in [0.15, 0.2) is 24.3 Å². The minimum absolute atomic E-state index is 0.178. The van der Waals surface area contributed by atoms with Crippen LogP contribution in [0.2, 0.25) is 0 Å². The summed E-state index contributed by atoms with van der Waals surface area (Å²) in [5.74, 6) is 0.722. The standard InChI is InChI=1S/C16H28N2/c1-13(2)9-14-5-7-15(8-6-14)10-18-12-16(3,4)11-17/h5-8,13,18H,9-12,17H2,1-4H3. The zero-order chi connectivity index (χ0) is 13.6. The molecule has 0 aromatic heterocycles. The molecule has 0 amide bonds. The van der Waals surface area contributed by atoms with Gasteiger partial charge in [0.05, 0.1) is 0 Å². The normalized spacial score (nSPS) is 12.1. The van der Waals surface area contributed by atoms with Crippen molar-refractivity contribution >= 4 is 0 Å². The second-order valence-electron chi connectivity index (χ2n) is 6.39. The zero-order valence-corrected chi connectivity index (χ0v) is 12.3. The molecule has 0 aliphatic heterocycles. The molecule has 1 aromatic rings. The lowest BCUT2D eigenvalue weighted by Gasteiger charge is -2.22. The van der Waals surface area contributed by atoms with Crippen LogP contribution in [0.3, 0.4) is 0 Å². The Bertz CT molecular complexity index is 339. The number of nitrogens with two attached hydrogens (primary N) is 1. The highest BCUT2D eigenvalue weighted by molar-refractivity contribution is 5.22. The van der Waals surface area contributed by atoms with E-state index in [0.717, 1.165) is 25.4 Å². The van der Waals surface area contributed by atoms with Gasteiger partial charge in [0, 0.05) is 13.1 Å². The monoisotopic (exact) mass is 248 g/mol. The molecule has 0 heterocycles. The van der Waals surface area contributed by atoms with Gasteiger partial charge in [0.15, 0.2) is 0 Å². The van der Waals surface area contributed by atoms with E-state index in [1.807, 2.05) is 0 Å². The summed E-state index contributed by atoms with van der Waals surface area (Å²) in [7, 11) is 0. The summed E-state index contributed by atoms with van der Waals surface area (Å²) in [4.78, 5) is 0. The molecule has 0 radical (unpaired) electrons. The van der Waals surface area contributed by atoms with Crippen molar-refractivity contribution in [3.05, 3.63) is 35.4 Å². The van der Waals surface area contributed by atoms with Gasteiger partial charge in [0.25, 0.3) is 0 Å². The molecule has 2 nitrogen and oxygen atoms in total. The maximum absolute atomic E-state index is 5.71. The third-order valence-corrected chi connectivity index (χ3v) is 3.15. The second kappa shape index (κ2) is 6.91. The lowest BCUT2D eigenvalue weighted by molar-refractivity contribution is 0.351. The number of benzene rings is 1. The molecule has 1 rings (SSSR count). The first-order chi connectivity index (χ1) is 8.43. The number of hydrogen-bond donors (Lipinski definition) is 2. The van der Waals surface area contributed by atoms with Crippen LogP contribution in [0.4, 0.5) is 0 Å². The molecule has 102 valence electrons. The molecular weight excluding hydrogens is 220 g/mol. The predicted molar refractivity (Wildman–Crippen MR) is 79.5 cm³/mol. The Morgan fingerprint density at radius 1 is 1.11 bits per heavy atom. The largest absolute Gasteiger partial charge is 0.330 e. The van der Waals surface area contributed by atoms with Crippen LogP contribution in [-0.4, -0.2) is 13.1 Å². The van der Waals surface area contributed by atoms with Crippen molar-refractivity contribution in [2.45, 2.75) is 40.7 Å². The van der Waals surface area contributed by atoms with E-state index in [-0.39, 0.29) is 5.41 Å². The fourth-order valence-corrected chi connectivity index (χ4v) is 1.88. The van der Waals surface area contributed by atoms with E-state index in [1.54, 1.807) is 0 Å². The fourth-order valence-electron chi connectivity index (χ4n) is 1.88. The van der Waals surface area contributed by atoms with Crippen LogP contribution in [0.1, 0.15) is 38.8 Å². The first-order valence-electron chi connectivity index (χ1n) is 6.91. The predicted octanol–water partition coefficient (Wildman–Crippen LogP) is 2.96. The van der Waals surface area contributed by atoms with Gasteiger partial charge in [-0.2, -0.15) is 0 Å². The molecule has 0 aliphatic carbocycles. The Labute approximate surface area is 112 Å². The molecule has 0 saturated heterocycles. The third kappa shape index (κ3) is 5.65. The van der Waals surface area contributed by atoms with E-state index in [2.05, 4.69) is 57.3 Å². The summed E-state index contributed by atoms with van der Waals surface area (Å²) in [6, 6.07) is 8.93. The van der Waals surface area contributed by atoms with Gasteiger partial charge < -0.3 is 11.1 Å². The average molecular weight is 248 g/mol. The van der Waals surface area contributed by atoms with Crippen molar-refractivity contribution in [1.82, 2.24) is 5.32 Å². The Morgan fingerprint density at radius 3 is 2.17 bits per heavy atom. The number of nitrogens with one attached hydrogen (secondary N) is 1. The minimum atomic E-state index is 0.178. The van der Waals surface area contributed by atoms with E-state index in [9.17, 15) is 0 Å². The van der Waals surface area contributed by atoms with E-state index in [1.165, 1.54) is 11.1 Å². The molecular formula is C16H28N2. The molecule has 0 aliphatic rings. The topological polar surface area (TPSA) is 38.0 Å². The van der Waals surface area contributed by atoms with Crippen molar-refractivity contribution in [3.63, 3.8) is 0 Å².